The molecule has 1 heterocycles. The molecule has 1 unspecified atom stereocenters. The molecule has 0 saturated heterocycles. The van der Waals surface area contributed by atoms with Crippen molar-refractivity contribution < 1.29 is 5.11 Å². The zero-order valence-corrected chi connectivity index (χ0v) is 9.83. The Morgan fingerprint density at radius 1 is 1.60 bits per heavy atom. The Labute approximate surface area is 95.1 Å². The van der Waals surface area contributed by atoms with Gasteiger partial charge in [-0.15, -0.1) is 0 Å². The maximum Gasteiger partial charge on any atom is 0.0672 e. The minimum Gasteiger partial charge on any atom is -0.398 e. The van der Waals surface area contributed by atoms with Gasteiger partial charge in [0.25, 0.3) is 0 Å². The predicted octanol–water partition coefficient (Wildman–Crippen LogP) is 1.71. The number of anilines is 1. The van der Waals surface area contributed by atoms with Crippen molar-refractivity contribution in [1.29, 1.82) is 0 Å². The molecule has 0 aliphatic rings. The van der Waals surface area contributed by atoms with Gasteiger partial charge in [-0.1, -0.05) is 6.92 Å². The zero-order chi connectivity index (χ0) is 11.1. The first kappa shape index (κ1) is 12.3. The molecule has 0 fully saturated rings. The number of thioether (sulfide) groups is 1. The van der Waals surface area contributed by atoms with Crippen molar-refractivity contribution in [3.63, 3.8) is 0 Å². The Bertz CT molecular complexity index is 294. The number of nitrogens with zero attached hydrogens (tertiary/aromatic N) is 1. The SMILES string of the molecule is CCCSCC(O)Cc1cnccc1N. The van der Waals surface area contributed by atoms with E-state index in [0.29, 0.717) is 12.1 Å². The molecule has 0 bridgehead atoms. The van der Waals surface area contributed by atoms with E-state index in [2.05, 4.69) is 11.9 Å². The highest BCUT2D eigenvalue weighted by Gasteiger charge is 2.07. The van der Waals surface area contributed by atoms with Gasteiger partial charge in [-0.3, -0.25) is 4.98 Å². The summed E-state index contributed by atoms with van der Waals surface area (Å²) in [7, 11) is 0. The molecule has 84 valence electrons. The number of aliphatic hydroxyl groups is 1. The fraction of sp³-hybridized carbons (Fsp3) is 0.545. The lowest BCUT2D eigenvalue weighted by Gasteiger charge is -2.11. The predicted molar refractivity (Wildman–Crippen MR) is 66.0 cm³/mol. The zero-order valence-electron chi connectivity index (χ0n) is 9.02. The van der Waals surface area contributed by atoms with Crippen LogP contribution in [0.3, 0.4) is 0 Å². The third-order valence-corrected chi connectivity index (χ3v) is 3.37. The summed E-state index contributed by atoms with van der Waals surface area (Å²) in [4.78, 5) is 4.00. The Balaban J connectivity index is 2.37. The minimum atomic E-state index is -0.326. The van der Waals surface area contributed by atoms with E-state index in [1.54, 1.807) is 30.2 Å². The molecule has 0 saturated carbocycles. The lowest BCUT2D eigenvalue weighted by Crippen LogP contribution is -2.15. The summed E-state index contributed by atoms with van der Waals surface area (Å²) in [5.74, 6) is 1.86. The van der Waals surface area contributed by atoms with E-state index in [1.807, 2.05) is 0 Å². The van der Waals surface area contributed by atoms with Gasteiger partial charge >= 0.3 is 0 Å². The Kier molecular flexibility index (Phi) is 5.50. The normalized spacial score (nSPS) is 12.7. The van der Waals surface area contributed by atoms with Crippen LogP contribution in [0.2, 0.25) is 0 Å². The van der Waals surface area contributed by atoms with Crippen LogP contribution in [0.4, 0.5) is 5.69 Å². The average molecular weight is 226 g/mol. The Morgan fingerprint density at radius 2 is 2.40 bits per heavy atom. The quantitative estimate of drug-likeness (QED) is 0.725. The first-order valence-corrected chi connectivity index (χ1v) is 6.33. The second kappa shape index (κ2) is 6.69. The first-order valence-electron chi connectivity index (χ1n) is 5.18. The standard InChI is InChI=1S/C11H18N2OS/c1-2-5-15-8-10(14)6-9-7-13-4-3-11(9)12/h3-4,7,10,14H,2,5-6,8H2,1H3,(H2,12,13). The van der Waals surface area contributed by atoms with E-state index in [4.69, 9.17) is 5.73 Å². The number of rotatable bonds is 6. The highest BCUT2D eigenvalue weighted by Crippen LogP contribution is 2.14. The maximum atomic E-state index is 9.75. The molecule has 1 aromatic rings. The van der Waals surface area contributed by atoms with Gasteiger partial charge in [-0.05, 0) is 23.8 Å². The number of hydrogen-bond acceptors (Lipinski definition) is 4. The maximum absolute atomic E-state index is 9.75. The number of aliphatic hydroxyl groups excluding tert-OH is 1. The van der Waals surface area contributed by atoms with Crippen LogP contribution >= 0.6 is 11.8 Å². The van der Waals surface area contributed by atoms with Crippen LogP contribution in [0, 0.1) is 0 Å². The number of nitrogens with two attached hydrogens (primary N) is 1. The molecule has 0 aliphatic heterocycles. The summed E-state index contributed by atoms with van der Waals surface area (Å²) < 4.78 is 0. The smallest absolute Gasteiger partial charge is 0.0672 e. The molecule has 1 aromatic heterocycles. The molecule has 0 aromatic carbocycles. The van der Waals surface area contributed by atoms with Crippen LogP contribution in [0.5, 0.6) is 0 Å². The second-order valence-electron chi connectivity index (χ2n) is 3.51. The molecule has 4 heteroatoms. The molecule has 3 nitrogen and oxygen atoms in total. The van der Waals surface area contributed by atoms with Gasteiger partial charge in [-0.2, -0.15) is 11.8 Å². The minimum absolute atomic E-state index is 0.326. The molecule has 3 N–H and O–H groups in total. The molecule has 1 atom stereocenters. The lowest BCUT2D eigenvalue weighted by molar-refractivity contribution is 0.200. The molecular weight excluding hydrogens is 208 g/mol. The molecule has 0 amide bonds. The monoisotopic (exact) mass is 226 g/mol. The van der Waals surface area contributed by atoms with Crippen molar-refractivity contribution in [2.24, 2.45) is 0 Å². The Hall–Kier alpha value is -0.740. The van der Waals surface area contributed by atoms with Gasteiger partial charge in [0.2, 0.25) is 0 Å². The molecule has 15 heavy (non-hydrogen) atoms. The highest BCUT2D eigenvalue weighted by atomic mass is 32.2. The number of pyridine rings is 1. The summed E-state index contributed by atoms with van der Waals surface area (Å²) in [5, 5.41) is 9.75. The van der Waals surface area contributed by atoms with Crippen LogP contribution in [-0.2, 0) is 6.42 Å². The van der Waals surface area contributed by atoms with Crippen LogP contribution < -0.4 is 5.73 Å². The van der Waals surface area contributed by atoms with Gasteiger partial charge < -0.3 is 10.8 Å². The van der Waals surface area contributed by atoms with Gasteiger partial charge in [-0.25, -0.2) is 0 Å². The summed E-state index contributed by atoms with van der Waals surface area (Å²) >= 11 is 1.78. The van der Waals surface area contributed by atoms with Gasteiger partial charge in [0.05, 0.1) is 6.10 Å². The van der Waals surface area contributed by atoms with Crippen molar-refractivity contribution in [1.82, 2.24) is 4.98 Å². The summed E-state index contributed by atoms with van der Waals surface area (Å²) in [6, 6.07) is 1.77. The molecule has 0 spiro atoms. The number of hydrogen-bond donors (Lipinski definition) is 2. The summed E-state index contributed by atoms with van der Waals surface area (Å²) in [6.45, 7) is 2.14. The van der Waals surface area contributed by atoms with E-state index in [1.165, 1.54) is 0 Å². The molecular formula is C11H18N2OS. The fourth-order valence-electron chi connectivity index (χ4n) is 1.28. The van der Waals surface area contributed by atoms with E-state index in [0.717, 1.165) is 23.5 Å². The van der Waals surface area contributed by atoms with Crippen LogP contribution in [0.25, 0.3) is 0 Å². The number of nitrogen functional groups attached to an aromatic ring is 1. The van der Waals surface area contributed by atoms with Gasteiger partial charge in [0.15, 0.2) is 0 Å². The largest absolute Gasteiger partial charge is 0.398 e. The molecule has 0 aliphatic carbocycles. The van der Waals surface area contributed by atoms with Crippen molar-refractivity contribution in [3.05, 3.63) is 24.0 Å². The topological polar surface area (TPSA) is 59.1 Å². The van der Waals surface area contributed by atoms with Crippen LogP contribution in [-0.4, -0.2) is 27.7 Å². The van der Waals surface area contributed by atoms with Crippen molar-refractivity contribution in [3.8, 4) is 0 Å². The summed E-state index contributed by atoms with van der Waals surface area (Å²) in [5.41, 5.74) is 7.41. The van der Waals surface area contributed by atoms with Crippen molar-refractivity contribution in [2.75, 3.05) is 17.2 Å². The van der Waals surface area contributed by atoms with Gasteiger partial charge in [0, 0.05) is 30.3 Å². The van der Waals surface area contributed by atoms with E-state index in [9.17, 15) is 5.11 Å². The number of aromatic nitrogens is 1. The van der Waals surface area contributed by atoms with Gasteiger partial charge in [0.1, 0.15) is 0 Å². The summed E-state index contributed by atoms with van der Waals surface area (Å²) in [6.07, 6.45) is 4.80. The average Bonchev–Trinajstić information content (AvgIpc) is 2.22. The highest BCUT2D eigenvalue weighted by molar-refractivity contribution is 7.99. The first-order chi connectivity index (χ1) is 7.24. The fourth-order valence-corrected chi connectivity index (χ4v) is 2.13. The second-order valence-corrected chi connectivity index (χ2v) is 4.66. The van der Waals surface area contributed by atoms with E-state index in [-0.39, 0.29) is 6.10 Å². The van der Waals surface area contributed by atoms with E-state index < -0.39 is 0 Å². The molecule has 0 radical (unpaired) electrons. The lowest BCUT2D eigenvalue weighted by atomic mass is 10.1. The van der Waals surface area contributed by atoms with Crippen molar-refractivity contribution in [2.45, 2.75) is 25.9 Å². The van der Waals surface area contributed by atoms with Crippen LogP contribution in [0.15, 0.2) is 18.5 Å². The van der Waals surface area contributed by atoms with Crippen LogP contribution in [0.1, 0.15) is 18.9 Å². The molecule has 1 rings (SSSR count). The third-order valence-electron chi connectivity index (χ3n) is 2.06. The third kappa shape index (κ3) is 4.53. The Morgan fingerprint density at radius 3 is 3.07 bits per heavy atom. The van der Waals surface area contributed by atoms with E-state index >= 15 is 0 Å². The van der Waals surface area contributed by atoms with Crippen molar-refractivity contribution >= 4 is 17.4 Å².